The summed E-state index contributed by atoms with van der Waals surface area (Å²) < 4.78 is 10.7. The number of thiophene rings is 1. The molecule has 0 fully saturated rings. The third kappa shape index (κ3) is 3.16. The zero-order chi connectivity index (χ0) is 18.9. The normalized spacial score (nSPS) is 19.3. The molecule has 1 aliphatic heterocycles. The highest BCUT2D eigenvalue weighted by Gasteiger charge is 2.48. The third-order valence-corrected chi connectivity index (χ3v) is 5.52. The fourth-order valence-corrected chi connectivity index (χ4v) is 4.05. The maximum Gasteiger partial charge on any atom is 0.342 e. The molecule has 0 spiro atoms. The van der Waals surface area contributed by atoms with Gasteiger partial charge in [0.15, 0.2) is 0 Å². The summed E-state index contributed by atoms with van der Waals surface area (Å²) in [5.74, 6) is -1.65. The van der Waals surface area contributed by atoms with Crippen molar-refractivity contribution in [3.8, 4) is 5.75 Å². The number of aliphatic hydroxyl groups is 1. The van der Waals surface area contributed by atoms with Gasteiger partial charge < -0.3 is 14.6 Å². The van der Waals surface area contributed by atoms with Gasteiger partial charge in [-0.2, -0.15) is 0 Å². The Morgan fingerprint density at radius 1 is 1.04 bits per heavy atom. The summed E-state index contributed by atoms with van der Waals surface area (Å²) in [5, 5.41) is 13.4. The van der Waals surface area contributed by atoms with Crippen molar-refractivity contribution in [3.63, 3.8) is 0 Å². The Balaban J connectivity index is 1.86. The van der Waals surface area contributed by atoms with Crippen molar-refractivity contribution in [1.29, 1.82) is 0 Å². The van der Waals surface area contributed by atoms with Gasteiger partial charge >= 0.3 is 5.97 Å². The maximum atomic E-state index is 12.7. The van der Waals surface area contributed by atoms with Crippen LogP contribution in [0.3, 0.4) is 0 Å². The number of esters is 1. The number of ether oxygens (including phenoxy) is 2. The third-order valence-electron chi connectivity index (χ3n) is 4.63. The molecule has 5 heteroatoms. The summed E-state index contributed by atoms with van der Waals surface area (Å²) in [6, 6.07) is 20.4. The smallest absolute Gasteiger partial charge is 0.342 e. The van der Waals surface area contributed by atoms with Crippen molar-refractivity contribution in [2.45, 2.75) is 12.2 Å². The average molecular weight is 378 g/mol. The number of hydrogen-bond donors (Lipinski definition) is 1. The average Bonchev–Trinajstić information content (AvgIpc) is 3.30. The lowest BCUT2D eigenvalue weighted by Crippen LogP contribution is -2.29. The molecular weight excluding hydrogens is 360 g/mol. The minimum Gasteiger partial charge on any atom is -0.497 e. The predicted octanol–water partition coefficient (Wildman–Crippen LogP) is 4.16. The van der Waals surface area contributed by atoms with Crippen LogP contribution in [0, 0.1) is 0 Å². The van der Waals surface area contributed by atoms with E-state index in [1.807, 2.05) is 47.8 Å². The summed E-state index contributed by atoms with van der Waals surface area (Å²) in [6.07, 6.45) is 0.405. The summed E-state index contributed by atoms with van der Waals surface area (Å²) in [6.45, 7) is 0. The van der Waals surface area contributed by atoms with Gasteiger partial charge in [0.25, 0.3) is 5.79 Å². The van der Waals surface area contributed by atoms with Crippen molar-refractivity contribution < 1.29 is 19.4 Å². The van der Waals surface area contributed by atoms with Crippen molar-refractivity contribution in [3.05, 3.63) is 93.7 Å². The molecule has 136 valence electrons. The van der Waals surface area contributed by atoms with Gasteiger partial charge in [0, 0.05) is 22.4 Å². The molecule has 27 heavy (non-hydrogen) atoms. The number of hydrogen-bond acceptors (Lipinski definition) is 5. The Hall–Kier alpha value is -2.89. The van der Waals surface area contributed by atoms with E-state index in [9.17, 15) is 9.90 Å². The van der Waals surface area contributed by atoms with E-state index in [1.54, 1.807) is 31.4 Å². The monoisotopic (exact) mass is 378 g/mol. The van der Waals surface area contributed by atoms with E-state index < -0.39 is 11.8 Å². The summed E-state index contributed by atoms with van der Waals surface area (Å²) in [7, 11) is 1.58. The molecule has 4 nitrogen and oxygen atoms in total. The minimum atomic E-state index is -1.81. The van der Waals surface area contributed by atoms with Gasteiger partial charge in [-0.3, -0.25) is 0 Å². The van der Waals surface area contributed by atoms with Crippen LogP contribution in [-0.4, -0.2) is 18.2 Å². The van der Waals surface area contributed by atoms with Crippen LogP contribution in [0.2, 0.25) is 0 Å². The van der Waals surface area contributed by atoms with Crippen molar-refractivity contribution >= 4 is 22.9 Å². The van der Waals surface area contributed by atoms with Crippen molar-refractivity contribution in [2.24, 2.45) is 0 Å². The molecule has 0 saturated carbocycles. The highest BCUT2D eigenvalue weighted by molar-refractivity contribution is 7.11. The molecule has 4 rings (SSSR count). The number of carbonyl (C=O) groups is 1. The highest BCUT2D eigenvalue weighted by atomic mass is 32.1. The van der Waals surface area contributed by atoms with E-state index in [2.05, 4.69) is 0 Å². The maximum absolute atomic E-state index is 12.7. The first-order valence-electron chi connectivity index (χ1n) is 8.53. The second-order valence-electron chi connectivity index (χ2n) is 6.26. The lowest BCUT2D eigenvalue weighted by atomic mass is 9.90. The van der Waals surface area contributed by atoms with Gasteiger partial charge in [-0.25, -0.2) is 4.79 Å². The molecule has 0 amide bonds. The highest BCUT2D eigenvalue weighted by Crippen LogP contribution is 2.45. The molecule has 2 heterocycles. The van der Waals surface area contributed by atoms with Crippen LogP contribution in [0.4, 0.5) is 0 Å². The van der Waals surface area contributed by atoms with Crippen LogP contribution in [0.1, 0.15) is 16.0 Å². The van der Waals surface area contributed by atoms with Crippen LogP contribution in [0.25, 0.3) is 5.57 Å². The Kier molecular flexibility index (Phi) is 4.56. The molecule has 1 aliphatic rings. The fraction of sp³-hybridized carbons (Fsp3) is 0.136. The molecule has 1 unspecified atom stereocenters. The lowest BCUT2D eigenvalue weighted by molar-refractivity contribution is -0.185. The number of methoxy groups -OCH3 is 1. The first kappa shape index (κ1) is 17.5. The van der Waals surface area contributed by atoms with Gasteiger partial charge in [0.05, 0.1) is 12.7 Å². The summed E-state index contributed by atoms with van der Waals surface area (Å²) in [4.78, 5) is 13.5. The Morgan fingerprint density at radius 3 is 2.41 bits per heavy atom. The predicted molar refractivity (Wildman–Crippen MR) is 104 cm³/mol. The topological polar surface area (TPSA) is 55.8 Å². The standard InChI is InChI=1S/C22H18O4S/c1-25-17-11-9-16(10-12-17)22(24)18(14-15-6-3-2-4-7-15)20(21(23)26-22)19-8-5-13-27-19/h2-13,24H,14H2,1H3. The first-order chi connectivity index (χ1) is 13.1. The van der Waals surface area contributed by atoms with Crippen LogP contribution in [0.15, 0.2) is 77.7 Å². The van der Waals surface area contributed by atoms with Gasteiger partial charge in [-0.15, -0.1) is 11.3 Å². The van der Waals surface area contributed by atoms with Gasteiger partial charge in [0.1, 0.15) is 5.75 Å². The van der Waals surface area contributed by atoms with E-state index in [0.29, 0.717) is 28.9 Å². The van der Waals surface area contributed by atoms with Crippen LogP contribution in [-0.2, 0) is 21.7 Å². The lowest BCUT2D eigenvalue weighted by Gasteiger charge is -2.25. The number of carbonyl (C=O) groups excluding carboxylic acids is 1. The Labute approximate surface area is 161 Å². The molecule has 1 aromatic heterocycles. The molecule has 0 radical (unpaired) electrons. The molecule has 0 saturated heterocycles. The Morgan fingerprint density at radius 2 is 1.78 bits per heavy atom. The number of benzene rings is 2. The molecule has 1 atom stereocenters. The van der Waals surface area contributed by atoms with Crippen LogP contribution < -0.4 is 4.74 Å². The zero-order valence-corrected chi connectivity index (χ0v) is 15.5. The summed E-state index contributed by atoms with van der Waals surface area (Å²) >= 11 is 1.45. The van der Waals surface area contributed by atoms with E-state index in [-0.39, 0.29) is 0 Å². The van der Waals surface area contributed by atoms with Gasteiger partial charge in [-0.1, -0.05) is 36.4 Å². The molecule has 3 aromatic rings. The molecule has 0 aliphatic carbocycles. The van der Waals surface area contributed by atoms with Gasteiger partial charge in [0.2, 0.25) is 0 Å². The molecule has 2 aromatic carbocycles. The number of cyclic esters (lactones) is 1. The Bertz CT molecular complexity index is 975. The van der Waals surface area contributed by atoms with Gasteiger partial charge in [-0.05, 0) is 41.3 Å². The van der Waals surface area contributed by atoms with Crippen LogP contribution >= 0.6 is 11.3 Å². The first-order valence-corrected chi connectivity index (χ1v) is 9.41. The van der Waals surface area contributed by atoms with Crippen LogP contribution in [0.5, 0.6) is 5.75 Å². The summed E-state index contributed by atoms with van der Waals surface area (Å²) in [5.41, 5.74) is 2.47. The van der Waals surface area contributed by atoms with Crippen molar-refractivity contribution in [2.75, 3.05) is 7.11 Å². The minimum absolute atomic E-state index is 0.405. The number of rotatable bonds is 5. The van der Waals surface area contributed by atoms with E-state index in [0.717, 1.165) is 10.4 Å². The fourth-order valence-electron chi connectivity index (χ4n) is 3.27. The second kappa shape index (κ2) is 7.02. The van der Waals surface area contributed by atoms with E-state index in [4.69, 9.17) is 9.47 Å². The largest absolute Gasteiger partial charge is 0.497 e. The molecule has 0 bridgehead atoms. The SMILES string of the molecule is COc1ccc(C2(O)OC(=O)C(c3cccs3)=C2Cc2ccccc2)cc1. The van der Waals surface area contributed by atoms with Crippen molar-refractivity contribution in [1.82, 2.24) is 0 Å². The second-order valence-corrected chi connectivity index (χ2v) is 7.20. The zero-order valence-electron chi connectivity index (χ0n) is 14.7. The van der Waals surface area contributed by atoms with E-state index in [1.165, 1.54) is 11.3 Å². The molecular formula is C22H18O4S. The molecule has 1 N–H and O–H groups in total. The quantitative estimate of drug-likeness (QED) is 0.678. The van der Waals surface area contributed by atoms with E-state index >= 15 is 0 Å².